The highest BCUT2D eigenvalue weighted by atomic mass is 32.2. The quantitative estimate of drug-likeness (QED) is 0.338. The van der Waals surface area contributed by atoms with Crippen LogP contribution in [0.15, 0.2) is 49.3 Å². The summed E-state index contributed by atoms with van der Waals surface area (Å²) in [6.45, 7) is 12.4. The van der Waals surface area contributed by atoms with Crippen molar-refractivity contribution in [1.29, 1.82) is 0 Å². The van der Waals surface area contributed by atoms with Crippen LogP contribution in [-0.4, -0.2) is 90.6 Å². The lowest BCUT2D eigenvalue weighted by Gasteiger charge is -2.54. The molecule has 240 valence electrons. The molecule has 3 saturated heterocycles. The minimum Gasteiger partial charge on any atom is -0.381 e. The van der Waals surface area contributed by atoms with E-state index in [1.165, 1.54) is 12.3 Å². The third-order valence-electron chi connectivity index (χ3n) is 10.3. The minimum atomic E-state index is -3.24. The number of fused-ring (bicyclic) bond motifs is 1. The van der Waals surface area contributed by atoms with Gasteiger partial charge in [0.25, 0.3) is 0 Å². The van der Waals surface area contributed by atoms with Crippen LogP contribution in [0.4, 0.5) is 23.3 Å². The van der Waals surface area contributed by atoms with Crippen LogP contribution in [0.3, 0.4) is 0 Å². The number of sulfone groups is 1. The number of piperidine rings is 1. The molecule has 3 aliphatic rings. The van der Waals surface area contributed by atoms with Crippen LogP contribution in [0.1, 0.15) is 51.6 Å². The van der Waals surface area contributed by atoms with Crippen molar-refractivity contribution in [2.75, 3.05) is 54.7 Å². The standard InChI is InChI=1S/C33H43N7O4S/c1-7-31(41)39-17-13-28(39)23-8-9-27(40-20-26(21(40)2)33(3,4)45(6,42)43)25-19-35-30(18-24(23)25)36-29-10-14-34-32(37-29)38-15-11-22(44-5)12-16-38/h7-10,14,18-19,21-22,26,28H,1,11-13,15-17,20H2,2-6H3,(H,34,35,36,37)/t21-,26+,28-/m1/s1. The molecule has 1 aromatic carbocycles. The Hall–Kier alpha value is -3.77. The number of anilines is 4. The number of likely N-dealkylation sites (tertiary alicyclic amines) is 1. The van der Waals surface area contributed by atoms with Gasteiger partial charge < -0.3 is 24.8 Å². The minimum absolute atomic E-state index is 0.00397. The zero-order valence-corrected chi connectivity index (χ0v) is 27.5. The number of ether oxygens (including phenoxy) is 1. The highest BCUT2D eigenvalue weighted by Crippen LogP contribution is 2.46. The van der Waals surface area contributed by atoms with E-state index in [4.69, 9.17) is 14.7 Å². The third-order valence-corrected chi connectivity index (χ3v) is 12.5. The number of rotatable bonds is 9. The van der Waals surface area contributed by atoms with Gasteiger partial charge in [0.1, 0.15) is 11.6 Å². The Morgan fingerprint density at radius 2 is 1.84 bits per heavy atom. The molecule has 0 spiro atoms. The van der Waals surface area contributed by atoms with E-state index >= 15 is 0 Å². The first-order valence-electron chi connectivity index (χ1n) is 15.6. The van der Waals surface area contributed by atoms with E-state index in [-0.39, 0.29) is 30.0 Å². The fourth-order valence-electron chi connectivity index (χ4n) is 6.94. The Balaban J connectivity index is 1.32. The number of methoxy groups -OCH3 is 1. The average molecular weight is 634 g/mol. The first-order valence-corrected chi connectivity index (χ1v) is 17.5. The molecule has 3 aromatic rings. The second kappa shape index (κ2) is 11.9. The molecule has 3 aliphatic heterocycles. The van der Waals surface area contributed by atoms with Crippen molar-refractivity contribution in [1.82, 2.24) is 19.9 Å². The summed E-state index contributed by atoms with van der Waals surface area (Å²) in [5.74, 6) is 1.87. The molecular weight excluding hydrogens is 590 g/mol. The molecule has 1 amide bonds. The first-order chi connectivity index (χ1) is 21.4. The van der Waals surface area contributed by atoms with E-state index in [1.54, 1.807) is 13.3 Å². The molecule has 11 nitrogen and oxygen atoms in total. The largest absolute Gasteiger partial charge is 0.381 e. The summed E-state index contributed by atoms with van der Waals surface area (Å²) in [4.78, 5) is 33.0. The highest BCUT2D eigenvalue weighted by Gasteiger charge is 2.50. The van der Waals surface area contributed by atoms with Crippen LogP contribution in [0, 0.1) is 5.92 Å². The Morgan fingerprint density at radius 3 is 2.47 bits per heavy atom. The second-order valence-electron chi connectivity index (χ2n) is 13.0. The number of amides is 1. The van der Waals surface area contributed by atoms with Crippen molar-refractivity contribution in [2.45, 2.75) is 63.0 Å². The molecule has 45 heavy (non-hydrogen) atoms. The van der Waals surface area contributed by atoms with Gasteiger partial charge in [-0.3, -0.25) is 4.79 Å². The van der Waals surface area contributed by atoms with Gasteiger partial charge in [-0.2, -0.15) is 4.98 Å². The summed E-state index contributed by atoms with van der Waals surface area (Å²) in [5.41, 5.74) is 2.05. The van der Waals surface area contributed by atoms with Gasteiger partial charge in [0.2, 0.25) is 11.9 Å². The molecule has 0 unspecified atom stereocenters. The second-order valence-corrected chi connectivity index (χ2v) is 15.6. The SMILES string of the molecule is C=CC(=O)N1CC[C@@H]1c1ccc(N2C[C@H](C(C)(C)S(C)(=O)=O)[C@H]2C)c2cnc(Nc3ccnc(N4CCC(OC)CC4)n3)cc12. The van der Waals surface area contributed by atoms with Gasteiger partial charge >= 0.3 is 0 Å². The van der Waals surface area contributed by atoms with Crippen molar-refractivity contribution in [3.63, 3.8) is 0 Å². The number of pyridine rings is 1. The zero-order valence-electron chi connectivity index (χ0n) is 26.7. The van der Waals surface area contributed by atoms with Crippen molar-refractivity contribution in [2.24, 2.45) is 5.92 Å². The summed E-state index contributed by atoms with van der Waals surface area (Å²) in [6.07, 6.45) is 9.31. The van der Waals surface area contributed by atoms with Crippen LogP contribution in [-0.2, 0) is 19.4 Å². The van der Waals surface area contributed by atoms with Crippen molar-refractivity contribution < 1.29 is 17.9 Å². The number of benzene rings is 1. The molecule has 3 atom stereocenters. The summed E-state index contributed by atoms with van der Waals surface area (Å²) < 4.78 is 29.9. The van der Waals surface area contributed by atoms with Gasteiger partial charge in [0, 0.05) is 75.0 Å². The predicted octanol–water partition coefficient (Wildman–Crippen LogP) is 4.49. The van der Waals surface area contributed by atoms with Crippen LogP contribution < -0.4 is 15.1 Å². The maximum atomic E-state index is 12.6. The van der Waals surface area contributed by atoms with Crippen molar-refractivity contribution in [3.05, 3.63) is 54.9 Å². The molecule has 0 aliphatic carbocycles. The average Bonchev–Trinajstić information content (AvgIpc) is 3.00. The van der Waals surface area contributed by atoms with Gasteiger partial charge in [-0.1, -0.05) is 12.6 Å². The van der Waals surface area contributed by atoms with E-state index in [1.807, 2.05) is 37.1 Å². The maximum Gasteiger partial charge on any atom is 0.246 e. The fourth-order valence-corrected chi connectivity index (χ4v) is 7.77. The van der Waals surface area contributed by atoms with Crippen LogP contribution >= 0.6 is 0 Å². The molecule has 0 radical (unpaired) electrons. The van der Waals surface area contributed by atoms with Crippen molar-refractivity contribution in [3.8, 4) is 0 Å². The molecular formula is C33H43N7O4S. The lowest BCUT2D eigenvalue weighted by molar-refractivity contribution is -0.133. The summed E-state index contributed by atoms with van der Waals surface area (Å²) in [6, 6.07) is 8.01. The zero-order chi connectivity index (χ0) is 32.1. The fraction of sp³-hybridized carbons (Fsp3) is 0.515. The van der Waals surface area contributed by atoms with Crippen LogP contribution in [0.25, 0.3) is 10.8 Å². The molecule has 1 N–H and O–H groups in total. The Kier molecular flexibility index (Phi) is 8.23. The highest BCUT2D eigenvalue weighted by molar-refractivity contribution is 7.92. The van der Waals surface area contributed by atoms with Crippen LogP contribution in [0.2, 0.25) is 0 Å². The van der Waals surface area contributed by atoms with E-state index in [2.05, 4.69) is 45.7 Å². The van der Waals surface area contributed by atoms with Gasteiger partial charge in [-0.25, -0.2) is 18.4 Å². The van der Waals surface area contributed by atoms with E-state index < -0.39 is 14.6 Å². The molecule has 2 aromatic heterocycles. The number of aromatic nitrogens is 3. The van der Waals surface area contributed by atoms with Crippen molar-refractivity contribution >= 4 is 49.8 Å². The lowest BCUT2D eigenvalue weighted by Crippen LogP contribution is -2.64. The summed E-state index contributed by atoms with van der Waals surface area (Å²) >= 11 is 0. The normalized spacial score (nSPS) is 22.6. The van der Waals surface area contributed by atoms with Gasteiger partial charge in [-0.15, -0.1) is 0 Å². The van der Waals surface area contributed by atoms with Crippen LogP contribution in [0.5, 0.6) is 0 Å². The number of carbonyl (C=O) groups excluding carboxylic acids is 1. The number of nitrogens with zero attached hydrogens (tertiary/aromatic N) is 6. The monoisotopic (exact) mass is 633 g/mol. The molecule has 0 bridgehead atoms. The summed E-state index contributed by atoms with van der Waals surface area (Å²) in [5, 5.41) is 5.33. The molecule has 0 saturated carbocycles. The van der Waals surface area contributed by atoms with Gasteiger partial charge in [-0.05, 0) is 75.3 Å². The third kappa shape index (κ3) is 5.63. The number of carbonyl (C=O) groups is 1. The molecule has 6 rings (SSSR count). The molecule has 3 fully saturated rings. The first kappa shape index (κ1) is 31.2. The Morgan fingerprint density at radius 1 is 1.09 bits per heavy atom. The number of nitrogens with one attached hydrogen (secondary N) is 1. The number of hydrogen-bond acceptors (Lipinski definition) is 10. The number of hydrogen-bond donors (Lipinski definition) is 1. The predicted molar refractivity (Wildman–Crippen MR) is 178 cm³/mol. The lowest BCUT2D eigenvalue weighted by atomic mass is 9.79. The van der Waals surface area contributed by atoms with Gasteiger partial charge in [0.05, 0.1) is 16.9 Å². The smallest absolute Gasteiger partial charge is 0.246 e. The Bertz CT molecular complexity index is 1720. The van der Waals surface area contributed by atoms with Gasteiger partial charge in [0.15, 0.2) is 9.84 Å². The Labute approximate surface area is 265 Å². The topological polar surface area (TPSA) is 121 Å². The molecule has 5 heterocycles. The van der Waals surface area contributed by atoms with E-state index in [0.717, 1.165) is 54.4 Å². The van der Waals surface area contributed by atoms with E-state index in [9.17, 15) is 13.2 Å². The summed E-state index contributed by atoms with van der Waals surface area (Å²) in [7, 11) is -1.48. The maximum absolute atomic E-state index is 12.6. The molecule has 12 heteroatoms. The van der Waals surface area contributed by atoms with E-state index in [0.29, 0.717) is 30.7 Å².